The summed E-state index contributed by atoms with van der Waals surface area (Å²) < 4.78 is 5.45. The molecule has 1 aliphatic heterocycles. The number of nitrogens with one attached hydrogen (secondary N) is 1. The van der Waals surface area contributed by atoms with E-state index in [1.54, 1.807) is 0 Å². The zero-order valence-electron chi connectivity index (χ0n) is 16.5. The molecule has 0 unspecified atom stereocenters. The van der Waals surface area contributed by atoms with Gasteiger partial charge in [-0.25, -0.2) is 4.98 Å². The van der Waals surface area contributed by atoms with E-state index in [2.05, 4.69) is 59.6 Å². The van der Waals surface area contributed by atoms with Crippen molar-refractivity contribution in [1.29, 1.82) is 0 Å². The first kappa shape index (κ1) is 17.7. The lowest BCUT2D eigenvalue weighted by Crippen LogP contribution is -2.37. The second-order valence-electron chi connectivity index (χ2n) is 7.90. The zero-order valence-corrected chi connectivity index (χ0v) is 16.5. The van der Waals surface area contributed by atoms with Crippen LogP contribution in [0.2, 0.25) is 0 Å². The summed E-state index contributed by atoms with van der Waals surface area (Å²) in [5.74, 6) is 0. The molecule has 1 fully saturated rings. The highest BCUT2D eigenvalue weighted by molar-refractivity contribution is 5.98. The molecule has 0 radical (unpaired) electrons. The Morgan fingerprint density at radius 3 is 2.86 bits per heavy atom. The van der Waals surface area contributed by atoms with Gasteiger partial charge in [0, 0.05) is 48.3 Å². The van der Waals surface area contributed by atoms with Crippen molar-refractivity contribution in [3.63, 3.8) is 0 Å². The predicted molar refractivity (Wildman–Crippen MR) is 115 cm³/mol. The highest BCUT2D eigenvalue weighted by Crippen LogP contribution is 2.42. The highest BCUT2D eigenvalue weighted by atomic mass is 16.5. The van der Waals surface area contributed by atoms with Crippen LogP contribution in [0.25, 0.3) is 22.2 Å². The average Bonchev–Trinajstić information content (AvgIpc) is 3.10. The fraction of sp³-hybridized carbons (Fsp3) is 0.375. The number of morpholine rings is 1. The number of hydrogen-bond donors (Lipinski definition) is 1. The maximum absolute atomic E-state index is 5.45. The Balaban J connectivity index is 1.43. The summed E-state index contributed by atoms with van der Waals surface area (Å²) in [5.41, 5.74) is 8.82. The number of hydrogen-bond acceptors (Lipinski definition) is 4. The van der Waals surface area contributed by atoms with Crippen LogP contribution in [0.15, 0.2) is 42.5 Å². The summed E-state index contributed by atoms with van der Waals surface area (Å²) in [4.78, 5) is 7.54. The van der Waals surface area contributed by atoms with Crippen molar-refractivity contribution in [1.82, 2.24) is 9.88 Å². The maximum Gasteiger partial charge on any atom is 0.0768 e. The number of nitrogens with zero attached hydrogens (tertiary/aromatic N) is 2. The summed E-state index contributed by atoms with van der Waals surface area (Å²) in [5, 5.41) is 5.04. The molecule has 0 atom stereocenters. The molecule has 0 amide bonds. The normalized spacial score (nSPS) is 16.2. The molecule has 3 aromatic rings. The van der Waals surface area contributed by atoms with Crippen LogP contribution >= 0.6 is 0 Å². The lowest BCUT2D eigenvalue weighted by Gasteiger charge is -2.26. The summed E-state index contributed by atoms with van der Waals surface area (Å²) in [7, 11) is 0. The van der Waals surface area contributed by atoms with Gasteiger partial charge in [-0.1, -0.05) is 35.9 Å². The van der Waals surface area contributed by atoms with Crippen molar-refractivity contribution < 1.29 is 4.74 Å². The number of benzene rings is 2. The van der Waals surface area contributed by atoms with Gasteiger partial charge in [-0.2, -0.15) is 0 Å². The van der Waals surface area contributed by atoms with Crippen LogP contribution in [0.4, 0.5) is 5.69 Å². The molecule has 4 heteroatoms. The number of aromatic nitrogens is 1. The average molecular weight is 374 g/mol. The van der Waals surface area contributed by atoms with Crippen molar-refractivity contribution in [3.05, 3.63) is 59.2 Å². The smallest absolute Gasteiger partial charge is 0.0768 e. The Hall–Kier alpha value is -2.43. The largest absolute Gasteiger partial charge is 0.384 e. The lowest BCUT2D eigenvalue weighted by atomic mass is 10.0. The molecular formula is C24H27N3O. The molecule has 2 aliphatic rings. The number of rotatable bonds is 5. The summed E-state index contributed by atoms with van der Waals surface area (Å²) in [6, 6.07) is 15.3. The van der Waals surface area contributed by atoms with Gasteiger partial charge in [0.25, 0.3) is 0 Å². The minimum atomic E-state index is 0.869. The van der Waals surface area contributed by atoms with E-state index in [-0.39, 0.29) is 0 Å². The van der Waals surface area contributed by atoms with E-state index in [1.165, 1.54) is 33.3 Å². The van der Waals surface area contributed by atoms with E-state index in [0.29, 0.717) is 0 Å². The molecule has 144 valence electrons. The molecule has 2 heterocycles. The fourth-order valence-corrected chi connectivity index (χ4v) is 4.45. The second kappa shape index (κ2) is 7.53. The van der Waals surface area contributed by atoms with Crippen LogP contribution in [0.3, 0.4) is 0 Å². The van der Waals surface area contributed by atoms with Gasteiger partial charge >= 0.3 is 0 Å². The molecular weight excluding hydrogens is 346 g/mol. The topological polar surface area (TPSA) is 37.4 Å². The van der Waals surface area contributed by atoms with Crippen molar-refractivity contribution in [2.24, 2.45) is 0 Å². The summed E-state index contributed by atoms with van der Waals surface area (Å²) in [6.07, 6.45) is 2.10. The van der Waals surface area contributed by atoms with Crippen LogP contribution in [-0.4, -0.2) is 49.3 Å². The fourth-order valence-electron chi connectivity index (χ4n) is 4.45. The van der Waals surface area contributed by atoms with E-state index in [9.17, 15) is 0 Å². The first-order valence-electron chi connectivity index (χ1n) is 10.3. The Kier molecular flexibility index (Phi) is 4.75. The quantitative estimate of drug-likeness (QED) is 0.531. The van der Waals surface area contributed by atoms with Gasteiger partial charge in [0.05, 0.1) is 24.4 Å². The Labute approximate surface area is 166 Å². The van der Waals surface area contributed by atoms with Crippen LogP contribution in [0, 0.1) is 6.92 Å². The van der Waals surface area contributed by atoms with Crippen molar-refractivity contribution >= 4 is 16.6 Å². The Bertz CT molecular complexity index is 1010. The molecule has 1 N–H and O–H groups in total. The number of pyridine rings is 1. The zero-order chi connectivity index (χ0) is 18.9. The number of ether oxygens (including phenoxy) is 1. The van der Waals surface area contributed by atoms with Crippen LogP contribution < -0.4 is 5.32 Å². The number of anilines is 1. The van der Waals surface area contributed by atoms with Gasteiger partial charge in [0.2, 0.25) is 0 Å². The van der Waals surface area contributed by atoms with Crippen molar-refractivity contribution in [2.75, 3.05) is 44.7 Å². The van der Waals surface area contributed by atoms with Crippen molar-refractivity contribution in [2.45, 2.75) is 19.8 Å². The van der Waals surface area contributed by atoms with E-state index in [4.69, 9.17) is 9.72 Å². The van der Waals surface area contributed by atoms with Gasteiger partial charge in [-0.3, -0.25) is 4.90 Å². The first-order chi connectivity index (χ1) is 13.8. The number of fused-ring (bicyclic) bond motifs is 4. The number of aryl methyl sites for hydroxylation is 1. The standard InChI is InChI=1S/C24H27N3O/c1-17-7-8-22-20(15-17)23(25-9-4-10-27-11-13-28-14-12-27)21-16-18-5-2-3-6-19(18)24(21)26-22/h2-3,5-8,15H,4,9-14,16H2,1H3,(H,25,26). The van der Waals surface area contributed by atoms with Gasteiger partial charge < -0.3 is 10.1 Å². The third-order valence-electron chi connectivity index (χ3n) is 5.94. The molecule has 2 aromatic carbocycles. The van der Waals surface area contributed by atoms with E-state index in [1.807, 2.05) is 0 Å². The minimum Gasteiger partial charge on any atom is -0.384 e. The van der Waals surface area contributed by atoms with Crippen LogP contribution in [0.1, 0.15) is 23.1 Å². The molecule has 0 bridgehead atoms. The second-order valence-corrected chi connectivity index (χ2v) is 7.90. The van der Waals surface area contributed by atoms with E-state index in [0.717, 1.165) is 63.4 Å². The molecule has 0 saturated carbocycles. The highest BCUT2D eigenvalue weighted by Gasteiger charge is 2.24. The van der Waals surface area contributed by atoms with Gasteiger partial charge in [-0.15, -0.1) is 0 Å². The van der Waals surface area contributed by atoms with E-state index >= 15 is 0 Å². The third-order valence-corrected chi connectivity index (χ3v) is 5.94. The SMILES string of the molecule is Cc1ccc2nc3c(c(NCCCN4CCOCC4)c2c1)Cc1ccccc1-3. The van der Waals surface area contributed by atoms with Crippen LogP contribution in [-0.2, 0) is 11.2 Å². The van der Waals surface area contributed by atoms with Gasteiger partial charge in [0.15, 0.2) is 0 Å². The van der Waals surface area contributed by atoms with Gasteiger partial charge in [0.1, 0.15) is 0 Å². The molecule has 1 aliphatic carbocycles. The first-order valence-corrected chi connectivity index (χ1v) is 10.3. The minimum absolute atomic E-state index is 0.869. The monoisotopic (exact) mass is 373 g/mol. The molecule has 4 nitrogen and oxygen atoms in total. The molecule has 5 rings (SSSR count). The van der Waals surface area contributed by atoms with Gasteiger partial charge in [-0.05, 0) is 37.6 Å². The van der Waals surface area contributed by atoms with E-state index < -0.39 is 0 Å². The predicted octanol–water partition coefficient (Wildman–Crippen LogP) is 4.25. The van der Waals surface area contributed by atoms with Crippen molar-refractivity contribution in [3.8, 4) is 11.3 Å². The summed E-state index contributed by atoms with van der Waals surface area (Å²) >= 11 is 0. The maximum atomic E-state index is 5.45. The van der Waals surface area contributed by atoms with Crippen LogP contribution in [0.5, 0.6) is 0 Å². The Morgan fingerprint density at radius 2 is 1.96 bits per heavy atom. The lowest BCUT2D eigenvalue weighted by molar-refractivity contribution is 0.0378. The molecule has 28 heavy (non-hydrogen) atoms. The summed E-state index contributed by atoms with van der Waals surface area (Å²) in [6.45, 7) is 8.11. The Morgan fingerprint density at radius 1 is 1.11 bits per heavy atom. The molecule has 1 aromatic heterocycles. The third kappa shape index (κ3) is 3.27. The molecule has 0 spiro atoms. The molecule has 1 saturated heterocycles.